The van der Waals surface area contributed by atoms with E-state index in [0.717, 1.165) is 3.57 Å². The molecular formula is C19H19Cl4IN10NaS2-. The van der Waals surface area contributed by atoms with Crippen molar-refractivity contribution < 1.29 is 29.6 Å². The average molecular weight is 743 g/mol. The molecule has 18 heteroatoms. The van der Waals surface area contributed by atoms with E-state index in [9.17, 15) is 0 Å². The fourth-order valence-corrected chi connectivity index (χ4v) is 3.67. The second-order valence-corrected chi connectivity index (χ2v) is 9.40. The van der Waals surface area contributed by atoms with E-state index in [1.807, 2.05) is 0 Å². The molecule has 0 atom stereocenters. The number of aromatic nitrogens is 6. The summed E-state index contributed by atoms with van der Waals surface area (Å²) in [4.78, 5) is 23.5. The first-order valence-electron chi connectivity index (χ1n) is 8.65. The zero-order valence-electron chi connectivity index (χ0n) is 18.2. The Morgan fingerprint density at radius 1 is 0.784 bits per heavy atom. The Kier molecular flexibility index (Phi) is 20.1. The van der Waals surface area contributed by atoms with E-state index >= 15 is 0 Å². The predicted octanol–water partition coefficient (Wildman–Crippen LogP) is 2.30. The molecule has 0 aliphatic rings. The van der Waals surface area contributed by atoms with Gasteiger partial charge in [0.15, 0.2) is 5.82 Å². The minimum absolute atomic E-state index is 0. The third kappa shape index (κ3) is 13.2. The van der Waals surface area contributed by atoms with Crippen molar-refractivity contribution in [1.82, 2.24) is 29.9 Å². The van der Waals surface area contributed by atoms with Crippen LogP contribution in [0, 0.1) is 9.77 Å². The molecule has 0 bridgehead atoms. The monoisotopic (exact) mass is 741 g/mol. The number of halogens is 5. The van der Waals surface area contributed by atoms with Gasteiger partial charge in [-0.05, 0) is 34.7 Å². The zero-order chi connectivity index (χ0) is 25.3. The van der Waals surface area contributed by atoms with E-state index in [1.165, 1.54) is 24.2 Å². The number of hydrogen-bond acceptors (Lipinski definition) is 12. The second kappa shape index (κ2) is 19.3. The molecule has 0 radical (unpaired) electrons. The molecule has 0 amide bonds. The molecule has 0 spiro atoms. The van der Waals surface area contributed by atoms with Crippen molar-refractivity contribution in [2.45, 2.75) is 17.3 Å². The van der Waals surface area contributed by atoms with Gasteiger partial charge in [0.2, 0.25) is 0 Å². The number of rotatable bonds is 2. The largest absolute Gasteiger partial charge is 1.00 e. The van der Waals surface area contributed by atoms with E-state index in [-0.39, 0.29) is 73.1 Å². The quantitative estimate of drug-likeness (QED) is 0.0775. The Bertz CT molecular complexity index is 1240. The summed E-state index contributed by atoms with van der Waals surface area (Å²) < 4.78 is 0.932. The standard InChI is InChI=1S/C9H7Cl2N5S.C5H4ClIN2.C4H3ClN3.CH4.Na.H2S/c10-5-3-15-9(8(13)16-5)17-4-1-2-14-7(12)6(4)11;6-4-3(7)1-2-9-5(4)8;5-3-1-7-2-4(6)8-3;;;/h1-3H,(H2,12,14)(H2,13,16);1-2H,(H2,8,9);1H,(H2,6,8);1H4;;1H2/q;;-1;;+1;/p-1. The van der Waals surface area contributed by atoms with Gasteiger partial charge in [-0.3, -0.25) is 4.98 Å². The maximum absolute atomic E-state index is 6.00. The van der Waals surface area contributed by atoms with Crippen molar-refractivity contribution in [3.63, 3.8) is 0 Å². The van der Waals surface area contributed by atoms with E-state index in [0.29, 0.717) is 30.9 Å². The number of hydrogen-bond donors (Lipinski definition) is 4. The molecule has 0 aromatic carbocycles. The van der Waals surface area contributed by atoms with E-state index in [2.05, 4.69) is 58.7 Å². The van der Waals surface area contributed by atoms with Crippen molar-refractivity contribution in [2.75, 3.05) is 22.9 Å². The first kappa shape index (κ1) is 38.4. The van der Waals surface area contributed by atoms with Crippen molar-refractivity contribution in [3.05, 3.63) is 67.0 Å². The van der Waals surface area contributed by atoms with Gasteiger partial charge in [-0.2, -0.15) is 0 Å². The Labute approximate surface area is 281 Å². The molecular weight excluding hydrogens is 724 g/mol. The topological polar surface area (TPSA) is 181 Å². The number of nitrogens with zero attached hydrogens (tertiary/aromatic N) is 6. The predicted molar refractivity (Wildman–Crippen MR) is 161 cm³/mol. The molecule has 4 rings (SSSR count). The molecule has 0 aliphatic carbocycles. The fraction of sp³-hybridized carbons (Fsp3) is 0.0526. The van der Waals surface area contributed by atoms with Crippen LogP contribution < -0.4 is 52.5 Å². The molecule has 0 saturated heterocycles. The maximum atomic E-state index is 6.00. The Morgan fingerprint density at radius 3 is 1.84 bits per heavy atom. The van der Waals surface area contributed by atoms with Gasteiger partial charge in [0.1, 0.15) is 21.8 Å². The van der Waals surface area contributed by atoms with Gasteiger partial charge in [-0.1, -0.05) is 71.8 Å². The Balaban J connectivity index is 0. The van der Waals surface area contributed by atoms with Crippen LogP contribution in [0.4, 0.5) is 23.3 Å². The molecule has 37 heavy (non-hydrogen) atoms. The molecule has 0 saturated carbocycles. The van der Waals surface area contributed by atoms with Crippen LogP contribution in [0.15, 0.2) is 46.8 Å². The third-order valence-electron chi connectivity index (χ3n) is 3.27. The summed E-state index contributed by atoms with van der Waals surface area (Å²) in [7, 11) is 0. The van der Waals surface area contributed by atoms with Gasteiger partial charge < -0.3 is 41.4 Å². The number of anilines is 4. The van der Waals surface area contributed by atoms with Crippen molar-refractivity contribution in [2.24, 2.45) is 0 Å². The van der Waals surface area contributed by atoms with Crippen LogP contribution in [0.5, 0.6) is 0 Å². The number of thiol groups is 1. The number of nitrogens with two attached hydrogens (primary N) is 4. The molecule has 4 heterocycles. The molecule has 10 nitrogen and oxygen atoms in total. The second-order valence-electron chi connectivity index (χ2n) is 5.68. The minimum atomic E-state index is 0. The van der Waals surface area contributed by atoms with Gasteiger partial charge in [-0.25, -0.2) is 19.9 Å². The summed E-state index contributed by atoms with van der Waals surface area (Å²) in [5, 5.41) is 1.96. The molecule has 194 valence electrons. The van der Waals surface area contributed by atoms with Crippen molar-refractivity contribution >= 4 is 118 Å². The normalized spacial score (nSPS) is 9.11. The van der Waals surface area contributed by atoms with Gasteiger partial charge in [0.25, 0.3) is 0 Å². The van der Waals surface area contributed by atoms with Crippen molar-refractivity contribution in [1.29, 1.82) is 0 Å². The van der Waals surface area contributed by atoms with Gasteiger partial charge >= 0.3 is 29.6 Å². The van der Waals surface area contributed by atoms with Crippen LogP contribution in [0.2, 0.25) is 20.4 Å². The Hall–Kier alpha value is -0.750. The van der Waals surface area contributed by atoms with Crippen LogP contribution >= 0.6 is 80.8 Å². The Morgan fingerprint density at radius 2 is 1.35 bits per heavy atom. The van der Waals surface area contributed by atoms with Gasteiger partial charge in [0, 0.05) is 26.7 Å². The van der Waals surface area contributed by atoms with Crippen LogP contribution in [-0.2, 0) is 13.5 Å². The van der Waals surface area contributed by atoms with Gasteiger partial charge in [0.05, 0.1) is 21.4 Å². The molecule has 0 aliphatic heterocycles. The summed E-state index contributed by atoms with van der Waals surface area (Å²) in [5.74, 6) is 1.12. The maximum Gasteiger partial charge on any atom is 1.00 e. The smallest absolute Gasteiger partial charge is 0.813 e. The van der Waals surface area contributed by atoms with Gasteiger partial charge in [-0.15, -0.1) is 6.20 Å². The SMILES string of the molecule is C.Nc1[c-]ncc(Cl)n1.Nc1nc(Cl)cnc1Sc1ccnc(N)c1Cl.Nc1nccc(I)c1Cl.[Na+].[SH-]. The molecule has 0 fully saturated rings. The first-order chi connectivity index (χ1) is 16.1. The molecule has 8 N–H and O–H groups in total. The van der Waals surface area contributed by atoms with E-state index in [1.54, 1.807) is 24.5 Å². The summed E-state index contributed by atoms with van der Waals surface area (Å²) in [5.41, 5.74) is 21.8. The summed E-state index contributed by atoms with van der Waals surface area (Å²) >= 11 is 26.1. The molecule has 0 unspecified atom stereocenters. The molecule has 4 aromatic heterocycles. The van der Waals surface area contributed by atoms with Crippen LogP contribution in [0.1, 0.15) is 7.43 Å². The average Bonchev–Trinajstić information content (AvgIpc) is 2.78. The zero-order valence-corrected chi connectivity index (χ0v) is 27.1. The summed E-state index contributed by atoms with van der Waals surface area (Å²) in [6.07, 6.45) is 8.38. The number of pyridine rings is 2. The number of nitrogen functional groups attached to an aromatic ring is 4. The van der Waals surface area contributed by atoms with E-state index in [4.69, 9.17) is 69.3 Å². The van der Waals surface area contributed by atoms with Crippen LogP contribution in [-0.4, -0.2) is 29.9 Å². The molecule has 4 aromatic rings. The van der Waals surface area contributed by atoms with Crippen LogP contribution in [0.3, 0.4) is 0 Å². The fourth-order valence-electron chi connectivity index (χ4n) is 1.83. The third-order valence-corrected chi connectivity index (χ3v) is 6.83. The van der Waals surface area contributed by atoms with Crippen LogP contribution in [0.25, 0.3) is 0 Å². The first-order valence-corrected chi connectivity index (χ1v) is 12.1. The van der Waals surface area contributed by atoms with Crippen molar-refractivity contribution in [3.8, 4) is 0 Å². The minimum Gasteiger partial charge on any atom is -0.813 e. The summed E-state index contributed by atoms with van der Waals surface area (Å²) in [6, 6.07) is 3.53. The van der Waals surface area contributed by atoms with E-state index < -0.39 is 0 Å². The summed E-state index contributed by atoms with van der Waals surface area (Å²) in [6.45, 7) is 0.